The zero-order valence-corrected chi connectivity index (χ0v) is 22.3. The van der Waals surface area contributed by atoms with Crippen molar-refractivity contribution in [2.45, 2.75) is 50.2 Å². The molecule has 0 aliphatic carbocycles. The molecule has 1 saturated heterocycles. The van der Waals surface area contributed by atoms with Crippen LogP contribution in [0.2, 0.25) is 0 Å². The SMILES string of the molecule is CC(C)Oc1ccc(S(=O)(=O)N2CCC(c3cn(CC=O)c4nc(Oc5ccccc5)ccc34)CC2)cc1. The van der Waals surface area contributed by atoms with Gasteiger partial charge in [0, 0.05) is 30.7 Å². The number of carbonyl (C=O) groups is 1. The number of pyridine rings is 1. The molecule has 1 fully saturated rings. The van der Waals surface area contributed by atoms with Crippen LogP contribution < -0.4 is 9.47 Å². The lowest BCUT2D eigenvalue weighted by Gasteiger charge is -2.31. The van der Waals surface area contributed by atoms with E-state index >= 15 is 0 Å². The molecular weight excluding hydrogens is 502 g/mol. The van der Waals surface area contributed by atoms with E-state index in [1.807, 2.05) is 67.1 Å². The predicted octanol–water partition coefficient (Wildman–Crippen LogP) is 5.38. The summed E-state index contributed by atoms with van der Waals surface area (Å²) in [5.74, 6) is 1.94. The van der Waals surface area contributed by atoms with Crippen molar-refractivity contribution in [1.29, 1.82) is 0 Å². The molecule has 0 N–H and O–H groups in total. The van der Waals surface area contributed by atoms with Gasteiger partial charge < -0.3 is 18.8 Å². The molecule has 0 saturated carbocycles. The molecule has 5 rings (SSSR count). The van der Waals surface area contributed by atoms with Crippen molar-refractivity contribution in [3.8, 4) is 17.4 Å². The van der Waals surface area contributed by atoms with Crippen molar-refractivity contribution in [2.24, 2.45) is 0 Å². The van der Waals surface area contributed by atoms with E-state index in [1.165, 1.54) is 0 Å². The first-order chi connectivity index (χ1) is 18.3. The number of sulfonamides is 1. The number of piperidine rings is 1. The summed E-state index contributed by atoms with van der Waals surface area (Å²) in [6, 6.07) is 19.8. The van der Waals surface area contributed by atoms with Gasteiger partial charge in [0.15, 0.2) is 0 Å². The Labute approximate surface area is 222 Å². The Balaban J connectivity index is 1.33. The summed E-state index contributed by atoms with van der Waals surface area (Å²) < 4.78 is 41.5. The van der Waals surface area contributed by atoms with Crippen LogP contribution in [0.1, 0.15) is 38.2 Å². The number of ether oxygens (including phenoxy) is 2. The number of nitrogens with zero attached hydrogens (tertiary/aromatic N) is 3. The quantitative estimate of drug-likeness (QED) is 0.268. The van der Waals surface area contributed by atoms with E-state index in [9.17, 15) is 13.2 Å². The van der Waals surface area contributed by atoms with Gasteiger partial charge in [0.1, 0.15) is 23.4 Å². The third-order valence-corrected chi connectivity index (χ3v) is 8.60. The highest BCUT2D eigenvalue weighted by Crippen LogP contribution is 2.36. The van der Waals surface area contributed by atoms with Crippen LogP contribution in [-0.4, -0.2) is 47.8 Å². The molecule has 4 aromatic rings. The van der Waals surface area contributed by atoms with Crippen LogP contribution in [0.5, 0.6) is 17.4 Å². The minimum absolute atomic E-state index is 0.0205. The van der Waals surface area contributed by atoms with Crippen LogP contribution in [0.25, 0.3) is 11.0 Å². The van der Waals surface area contributed by atoms with E-state index < -0.39 is 10.0 Å². The van der Waals surface area contributed by atoms with Gasteiger partial charge in [0.2, 0.25) is 15.9 Å². The Hall–Kier alpha value is -3.69. The second-order valence-corrected chi connectivity index (χ2v) is 11.6. The van der Waals surface area contributed by atoms with Crippen LogP contribution >= 0.6 is 0 Å². The Kier molecular flexibility index (Phi) is 7.49. The molecule has 0 spiro atoms. The van der Waals surface area contributed by atoms with Gasteiger partial charge in [-0.25, -0.2) is 8.42 Å². The fourth-order valence-corrected chi connectivity index (χ4v) is 6.37. The molecule has 0 atom stereocenters. The van der Waals surface area contributed by atoms with Gasteiger partial charge in [-0.2, -0.15) is 9.29 Å². The van der Waals surface area contributed by atoms with Crippen LogP contribution in [0, 0.1) is 0 Å². The molecule has 2 aromatic carbocycles. The maximum atomic E-state index is 13.3. The molecule has 2 aromatic heterocycles. The molecule has 38 heavy (non-hydrogen) atoms. The fourth-order valence-electron chi connectivity index (χ4n) is 4.90. The number of hydrogen-bond acceptors (Lipinski definition) is 6. The molecule has 0 unspecified atom stereocenters. The minimum atomic E-state index is -3.60. The second kappa shape index (κ2) is 11.0. The van der Waals surface area contributed by atoms with Crippen LogP contribution in [0.3, 0.4) is 0 Å². The molecule has 1 aliphatic heterocycles. The Morgan fingerprint density at radius 3 is 2.34 bits per heavy atom. The smallest absolute Gasteiger partial charge is 0.243 e. The summed E-state index contributed by atoms with van der Waals surface area (Å²) in [4.78, 5) is 16.3. The summed E-state index contributed by atoms with van der Waals surface area (Å²) in [7, 11) is -3.60. The number of aldehydes is 1. The lowest BCUT2D eigenvalue weighted by Crippen LogP contribution is -2.37. The van der Waals surface area contributed by atoms with Gasteiger partial charge in [0.25, 0.3) is 0 Å². The molecule has 9 heteroatoms. The normalized spacial score (nSPS) is 15.1. The topological polar surface area (TPSA) is 90.7 Å². The molecule has 8 nitrogen and oxygen atoms in total. The number of aromatic nitrogens is 2. The van der Waals surface area contributed by atoms with E-state index in [-0.39, 0.29) is 23.5 Å². The highest BCUT2D eigenvalue weighted by Gasteiger charge is 2.31. The van der Waals surface area contributed by atoms with E-state index in [2.05, 4.69) is 4.98 Å². The van der Waals surface area contributed by atoms with Crippen molar-refractivity contribution >= 4 is 27.3 Å². The van der Waals surface area contributed by atoms with Gasteiger partial charge in [0.05, 0.1) is 17.5 Å². The maximum absolute atomic E-state index is 13.3. The third kappa shape index (κ3) is 5.44. The Morgan fingerprint density at radius 1 is 0.974 bits per heavy atom. The van der Waals surface area contributed by atoms with E-state index in [0.29, 0.717) is 49.0 Å². The zero-order valence-electron chi connectivity index (χ0n) is 21.5. The van der Waals surface area contributed by atoms with E-state index in [0.717, 1.165) is 17.2 Å². The fraction of sp³-hybridized carbons (Fsp3) is 0.310. The summed E-state index contributed by atoms with van der Waals surface area (Å²) >= 11 is 0. The average molecular weight is 534 g/mol. The molecule has 0 radical (unpaired) electrons. The number of para-hydroxylation sites is 1. The lowest BCUT2D eigenvalue weighted by molar-refractivity contribution is -0.108. The number of benzene rings is 2. The summed E-state index contributed by atoms with van der Waals surface area (Å²) in [5.41, 5.74) is 1.76. The Morgan fingerprint density at radius 2 is 1.68 bits per heavy atom. The van der Waals surface area contributed by atoms with Crippen LogP contribution in [0.15, 0.2) is 77.8 Å². The van der Waals surface area contributed by atoms with E-state index in [4.69, 9.17) is 9.47 Å². The molecule has 0 bridgehead atoms. The van der Waals surface area contributed by atoms with Crippen molar-refractivity contribution < 1.29 is 22.7 Å². The van der Waals surface area contributed by atoms with Crippen molar-refractivity contribution in [3.63, 3.8) is 0 Å². The summed E-state index contributed by atoms with van der Waals surface area (Å²) in [6.07, 6.45) is 4.20. The largest absolute Gasteiger partial charge is 0.491 e. The first-order valence-electron chi connectivity index (χ1n) is 12.8. The Bertz CT molecular complexity index is 1510. The average Bonchev–Trinajstić information content (AvgIpc) is 3.27. The summed E-state index contributed by atoms with van der Waals surface area (Å²) in [5, 5.41) is 0.953. The number of fused-ring (bicyclic) bond motifs is 1. The van der Waals surface area contributed by atoms with Gasteiger partial charge >= 0.3 is 0 Å². The number of carbonyl (C=O) groups excluding carboxylic acids is 1. The van der Waals surface area contributed by atoms with E-state index in [1.54, 1.807) is 28.6 Å². The number of hydrogen-bond donors (Lipinski definition) is 0. The highest BCUT2D eigenvalue weighted by atomic mass is 32.2. The van der Waals surface area contributed by atoms with Crippen molar-refractivity contribution in [1.82, 2.24) is 13.9 Å². The maximum Gasteiger partial charge on any atom is 0.243 e. The highest BCUT2D eigenvalue weighted by molar-refractivity contribution is 7.89. The van der Waals surface area contributed by atoms with Gasteiger partial charge in [-0.1, -0.05) is 18.2 Å². The second-order valence-electron chi connectivity index (χ2n) is 9.66. The molecule has 1 aliphatic rings. The standard InChI is InChI=1S/C29H31N3O5S/c1-21(2)36-24-8-10-25(11-9-24)38(34,35)32-16-14-22(15-17-32)27-20-31(18-19-33)29-26(27)12-13-28(30-29)37-23-6-4-3-5-7-23/h3-13,19-22H,14-18H2,1-2H3. The van der Waals surface area contributed by atoms with Gasteiger partial charge in [-0.05, 0) is 80.6 Å². The molecular formula is C29H31N3O5S. The van der Waals surface area contributed by atoms with Crippen LogP contribution in [0.4, 0.5) is 0 Å². The predicted molar refractivity (Wildman–Crippen MR) is 145 cm³/mol. The minimum Gasteiger partial charge on any atom is -0.491 e. The monoisotopic (exact) mass is 533 g/mol. The first kappa shape index (κ1) is 25.9. The van der Waals surface area contributed by atoms with Gasteiger partial charge in [-0.15, -0.1) is 0 Å². The zero-order chi connectivity index (χ0) is 26.7. The summed E-state index contributed by atoms with van der Waals surface area (Å²) in [6.45, 7) is 4.87. The lowest BCUT2D eigenvalue weighted by atomic mass is 9.90. The van der Waals surface area contributed by atoms with Crippen LogP contribution in [-0.2, 0) is 21.4 Å². The molecule has 198 valence electrons. The third-order valence-electron chi connectivity index (χ3n) is 6.69. The van der Waals surface area contributed by atoms with Crippen molar-refractivity contribution in [2.75, 3.05) is 13.1 Å². The first-order valence-corrected chi connectivity index (χ1v) is 14.2. The van der Waals surface area contributed by atoms with Gasteiger partial charge in [-0.3, -0.25) is 0 Å². The van der Waals surface area contributed by atoms with Crippen molar-refractivity contribution in [3.05, 3.63) is 78.5 Å². The molecule has 0 amide bonds. The molecule has 3 heterocycles. The number of rotatable bonds is 9.